The van der Waals surface area contributed by atoms with E-state index in [-0.39, 0.29) is 23.8 Å². The highest BCUT2D eigenvalue weighted by molar-refractivity contribution is 7.90. The Morgan fingerprint density at radius 1 is 1.14 bits per heavy atom. The lowest BCUT2D eigenvalue weighted by atomic mass is 9.98. The zero-order valence-electron chi connectivity index (χ0n) is 23.3. The highest BCUT2D eigenvalue weighted by Gasteiger charge is 2.37. The van der Waals surface area contributed by atoms with Crippen molar-refractivity contribution < 1.29 is 26.3 Å². The van der Waals surface area contributed by atoms with Crippen molar-refractivity contribution in [3.8, 4) is 11.4 Å². The fourth-order valence-electron chi connectivity index (χ4n) is 5.77. The number of likely N-dealkylation sites (tertiary alicyclic amines) is 1. The Hall–Kier alpha value is -3.82. The van der Waals surface area contributed by atoms with E-state index in [4.69, 9.17) is 4.74 Å². The van der Waals surface area contributed by atoms with Crippen molar-refractivity contribution in [3.05, 3.63) is 64.8 Å². The molecule has 15 heteroatoms. The molecule has 2 aliphatic heterocycles. The SMILES string of the molecule is CN1CCC(Cc2ccc(Nc3ncc4cc(-c5nccn5S(=O)(=O)CC(F)(F)F)c(=O)n(C5CCOC5)c4n3)cc2)C1. The van der Waals surface area contributed by atoms with E-state index in [1.165, 1.54) is 28.8 Å². The van der Waals surface area contributed by atoms with Gasteiger partial charge in [0.15, 0.2) is 11.6 Å². The van der Waals surface area contributed by atoms with Crippen molar-refractivity contribution >= 4 is 32.7 Å². The van der Waals surface area contributed by atoms with Gasteiger partial charge >= 0.3 is 6.18 Å². The van der Waals surface area contributed by atoms with Crippen molar-refractivity contribution in [1.82, 2.24) is 28.4 Å². The monoisotopic (exact) mass is 617 g/mol. The predicted molar refractivity (Wildman–Crippen MR) is 154 cm³/mol. The van der Waals surface area contributed by atoms with E-state index in [1.54, 1.807) is 0 Å². The number of alkyl halides is 3. The lowest BCUT2D eigenvalue weighted by molar-refractivity contribution is -0.106. The van der Waals surface area contributed by atoms with Gasteiger partial charge in [-0.15, -0.1) is 0 Å². The van der Waals surface area contributed by atoms with Gasteiger partial charge in [-0.3, -0.25) is 9.36 Å². The van der Waals surface area contributed by atoms with E-state index in [0.717, 1.165) is 37.6 Å². The standard InChI is InChI=1S/C28H30F3N7O4S/c1-36-9-6-19(15-36)12-18-2-4-21(5-3-18)34-27-33-14-20-13-23(26(39)38(24(20)35-27)22-7-11-42-16-22)25-32-8-10-37(25)43(40,41)17-28(29,30)31/h2-5,8,10,13-14,19,22H,6-7,9,11-12,15-17H2,1H3,(H,33,34,35). The molecule has 2 aliphatic rings. The summed E-state index contributed by atoms with van der Waals surface area (Å²) in [5, 5.41) is 3.56. The summed E-state index contributed by atoms with van der Waals surface area (Å²) in [6.45, 7) is 2.82. The van der Waals surface area contributed by atoms with E-state index < -0.39 is 39.4 Å². The second kappa shape index (κ2) is 11.4. The molecule has 6 rings (SSSR count). The van der Waals surface area contributed by atoms with Gasteiger partial charge in [0.1, 0.15) is 5.65 Å². The van der Waals surface area contributed by atoms with Crippen LogP contribution in [0.2, 0.25) is 0 Å². The van der Waals surface area contributed by atoms with Crippen molar-refractivity contribution in [1.29, 1.82) is 0 Å². The first-order chi connectivity index (χ1) is 20.5. The highest BCUT2D eigenvalue weighted by atomic mass is 32.2. The number of nitrogens with one attached hydrogen (secondary N) is 1. The number of aromatic nitrogens is 5. The van der Waals surface area contributed by atoms with Crippen molar-refractivity contribution in [2.75, 3.05) is 44.4 Å². The van der Waals surface area contributed by atoms with E-state index in [1.807, 2.05) is 12.1 Å². The molecule has 0 bridgehead atoms. The van der Waals surface area contributed by atoms with Crippen LogP contribution >= 0.6 is 0 Å². The van der Waals surface area contributed by atoms with Gasteiger partial charge in [0.05, 0.1) is 18.2 Å². The van der Waals surface area contributed by atoms with Gasteiger partial charge < -0.3 is 15.0 Å². The summed E-state index contributed by atoms with van der Waals surface area (Å²) >= 11 is 0. The van der Waals surface area contributed by atoms with Gasteiger partial charge in [0.2, 0.25) is 16.0 Å². The molecule has 1 N–H and O–H groups in total. The van der Waals surface area contributed by atoms with Crippen LogP contribution in [0.15, 0.2) is 53.7 Å². The average Bonchev–Trinajstić information content (AvgIpc) is 3.71. The van der Waals surface area contributed by atoms with Gasteiger partial charge in [-0.1, -0.05) is 12.1 Å². The Balaban J connectivity index is 1.34. The van der Waals surface area contributed by atoms with E-state index in [0.29, 0.717) is 28.3 Å². The number of nitrogens with zero attached hydrogens (tertiary/aromatic N) is 6. The Morgan fingerprint density at radius 3 is 2.60 bits per heavy atom. The molecule has 1 aromatic carbocycles. The van der Waals surface area contributed by atoms with Crippen LogP contribution in [0.4, 0.5) is 24.8 Å². The Kier molecular flexibility index (Phi) is 7.73. The van der Waals surface area contributed by atoms with Crippen LogP contribution in [0.3, 0.4) is 0 Å². The average molecular weight is 618 g/mol. The molecule has 2 fully saturated rings. The topological polar surface area (TPSA) is 124 Å². The fourth-order valence-corrected chi connectivity index (χ4v) is 6.97. The zero-order valence-corrected chi connectivity index (χ0v) is 24.1. The van der Waals surface area contributed by atoms with Crippen molar-refractivity contribution in [3.63, 3.8) is 0 Å². The van der Waals surface area contributed by atoms with Crippen molar-refractivity contribution in [2.24, 2.45) is 5.92 Å². The van der Waals surface area contributed by atoms with E-state index in [9.17, 15) is 26.4 Å². The maximum atomic E-state index is 13.9. The second-order valence-electron chi connectivity index (χ2n) is 11.1. The number of ether oxygens (including phenoxy) is 1. The molecule has 4 aromatic rings. The number of rotatable bonds is 8. The number of anilines is 2. The van der Waals surface area contributed by atoms with E-state index >= 15 is 0 Å². The molecule has 0 radical (unpaired) electrons. The molecule has 5 heterocycles. The van der Waals surface area contributed by atoms with Crippen LogP contribution in [0.25, 0.3) is 22.4 Å². The fraction of sp³-hybridized carbons (Fsp3) is 0.429. The summed E-state index contributed by atoms with van der Waals surface area (Å²) in [7, 11) is -2.76. The lowest BCUT2D eigenvalue weighted by Gasteiger charge is -2.18. The smallest absolute Gasteiger partial charge is 0.379 e. The molecule has 0 spiro atoms. The van der Waals surface area contributed by atoms with Crippen LogP contribution < -0.4 is 10.9 Å². The molecule has 2 saturated heterocycles. The molecule has 43 heavy (non-hydrogen) atoms. The van der Waals surface area contributed by atoms with Gasteiger partial charge in [-0.05, 0) is 62.5 Å². The molecule has 11 nitrogen and oxygen atoms in total. The lowest BCUT2D eigenvalue weighted by Crippen LogP contribution is -2.31. The number of hydrogen-bond donors (Lipinski definition) is 1. The second-order valence-corrected chi connectivity index (χ2v) is 12.9. The first-order valence-corrected chi connectivity index (χ1v) is 15.5. The third kappa shape index (κ3) is 6.28. The van der Waals surface area contributed by atoms with Crippen LogP contribution in [0, 0.1) is 5.92 Å². The molecule has 3 aromatic heterocycles. The van der Waals surface area contributed by atoms with Gasteiger partial charge in [0, 0.05) is 42.8 Å². The minimum atomic E-state index is -4.98. The minimum absolute atomic E-state index is 0.191. The maximum absolute atomic E-state index is 13.9. The first-order valence-electron chi connectivity index (χ1n) is 13.8. The molecule has 0 amide bonds. The molecule has 0 aliphatic carbocycles. The van der Waals surface area contributed by atoms with Crippen molar-refractivity contribution in [2.45, 2.75) is 31.5 Å². The Labute approximate surface area is 245 Å². The summed E-state index contributed by atoms with van der Waals surface area (Å²) in [6, 6.07) is 8.95. The highest BCUT2D eigenvalue weighted by Crippen LogP contribution is 2.28. The van der Waals surface area contributed by atoms with Gasteiger partial charge in [-0.25, -0.2) is 22.4 Å². The van der Waals surface area contributed by atoms with E-state index in [2.05, 4.69) is 44.3 Å². The van der Waals surface area contributed by atoms with Gasteiger partial charge in [-0.2, -0.15) is 18.2 Å². The molecule has 228 valence electrons. The third-order valence-electron chi connectivity index (χ3n) is 7.76. The number of imidazole rings is 1. The van der Waals surface area contributed by atoms with Crippen LogP contribution in [0.5, 0.6) is 0 Å². The number of benzene rings is 1. The number of fused-ring (bicyclic) bond motifs is 1. The quantitative estimate of drug-likeness (QED) is 0.316. The summed E-state index contributed by atoms with van der Waals surface area (Å²) < 4.78 is 71.6. The summed E-state index contributed by atoms with van der Waals surface area (Å²) in [6.07, 6.45) is 1.11. The number of hydrogen-bond acceptors (Lipinski definition) is 9. The maximum Gasteiger partial charge on any atom is 0.404 e. The number of pyridine rings is 1. The number of halogens is 3. The van der Waals surface area contributed by atoms with Crippen LogP contribution in [-0.2, 0) is 21.2 Å². The molecular weight excluding hydrogens is 587 g/mol. The molecular formula is C28H30F3N7O4S. The predicted octanol–water partition coefficient (Wildman–Crippen LogP) is 3.59. The summed E-state index contributed by atoms with van der Waals surface area (Å²) in [5.74, 6) is -1.64. The normalized spacial score (nSPS) is 19.8. The first kappa shape index (κ1) is 29.3. The zero-order chi connectivity index (χ0) is 30.4. The summed E-state index contributed by atoms with van der Waals surface area (Å²) in [4.78, 5) is 29.1. The Bertz CT molecular complexity index is 1800. The van der Waals surface area contributed by atoms with Crippen LogP contribution in [0.1, 0.15) is 24.4 Å². The largest absolute Gasteiger partial charge is 0.404 e. The molecule has 0 saturated carbocycles. The molecule has 2 atom stereocenters. The third-order valence-corrected chi connectivity index (χ3v) is 9.35. The van der Waals surface area contributed by atoms with Crippen LogP contribution in [-0.4, -0.2) is 82.1 Å². The Morgan fingerprint density at radius 2 is 1.93 bits per heavy atom. The molecule has 2 unspecified atom stereocenters. The van der Waals surface area contributed by atoms with Gasteiger partial charge in [0.25, 0.3) is 5.56 Å². The summed E-state index contributed by atoms with van der Waals surface area (Å²) in [5.41, 5.74) is 1.44. The minimum Gasteiger partial charge on any atom is -0.379 e.